The Kier molecular flexibility index (Phi) is 5.95. The van der Waals surface area contributed by atoms with Gasteiger partial charge in [-0.25, -0.2) is 18.2 Å². The minimum Gasteiger partial charge on any atom is -0.497 e. The van der Waals surface area contributed by atoms with Crippen LogP contribution >= 0.6 is 0 Å². The lowest BCUT2D eigenvalue weighted by Gasteiger charge is -2.38. The van der Waals surface area contributed by atoms with Crippen LogP contribution in [-0.4, -0.2) is 61.1 Å². The third kappa shape index (κ3) is 4.65. The van der Waals surface area contributed by atoms with Gasteiger partial charge >= 0.3 is 6.09 Å². The Labute approximate surface area is 202 Å². The molecule has 0 aliphatic carbocycles. The van der Waals surface area contributed by atoms with Crippen LogP contribution in [0.25, 0.3) is 11.0 Å². The van der Waals surface area contributed by atoms with E-state index in [0.29, 0.717) is 34.7 Å². The molecule has 0 unspecified atom stereocenters. The van der Waals surface area contributed by atoms with Crippen molar-refractivity contribution in [3.63, 3.8) is 0 Å². The minimum atomic E-state index is -3.64. The molecule has 1 aliphatic rings. The quantitative estimate of drug-likeness (QED) is 0.498. The standard InChI is InChI=1S/C23H27N5O6S/c1-23(2,3)34-22(30)28-10-9-27(17-12-15(33-5)7-8-16(17)28)18-11-14-13-24-21(35(6,31)32)25-19(14)26(4)20(18)29/h7-8,11-13H,9-10H2,1-6H3. The van der Waals surface area contributed by atoms with Gasteiger partial charge in [0.15, 0.2) is 0 Å². The largest absolute Gasteiger partial charge is 0.497 e. The maximum atomic E-state index is 13.4. The van der Waals surface area contributed by atoms with E-state index in [0.717, 1.165) is 6.26 Å². The molecule has 12 heteroatoms. The highest BCUT2D eigenvalue weighted by Crippen LogP contribution is 2.40. The molecule has 0 saturated heterocycles. The molecule has 0 bridgehead atoms. The number of ether oxygens (including phenoxy) is 2. The molecule has 1 aromatic carbocycles. The topological polar surface area (TPSA) is 124 Å². The van der Waals surface area contributed by atoms with E-state index in [9.17, 15) is 18.0 Å². The van der Waals surface area contributed by atoms with Crippen LogP contribution in [0.2, 0.25) is 0 Å². The number of hydrogen-bond donors (Lipinski definition) is 0. The van der Waals surface area contributed by atoms with Crippen LogP contribution in [-0.2, 0) is 21.6 Å². The summed E-state index contributed by atoms with van der Waals surface area (Å²) in [6.07, 6.45) is 1.90. The number of methoxy groups -OCH3 is 1. The van der Waals surface area contributed by atoms with Gasteiger partial charge in [-0.05, 0) is 39.0 Å². The molecule has 0 spiro atoms. The molecule has 186 valence electrons. The predicted octanol–water partition coefficient (Wildman–Crippen LogP) is 2.63. The Balaban J connectivity index is 1.86. The van der Waals surface area contributed by atoms with Crippen LogP contribution in [0.3, 0.4) is 0 Å². The van der Waals surface area contributed by atoms with Crippen LogP contribution in [0.5, 0.6) is 5.75 Å². The number of benzene rings is 1. The zero-order valence-electron chi connectivity index (χ0n) is 20.4. The molecule has 3 aromatic rings. The van der Waals surface area contributed by atoms with Gasteiger partial charge < -0.3 is 14.4 Å². The van der Waals surface area contributed by atoms with Gasteiger partial charge in [-0.2, -0.15) is 4.98 Å². The fraction of sp³-hybridized carbons (Fsp3) is 0.391. The summed E-state index contributed by atoms with van der Waals surface area (Å²) < 4.78 is 36.0. The highest BCUT2D eigenvalue weighted by molar-refractivity contribution is 7.90. The van der Waals surface area contributed by atoms with E-state index in [1.807, 2.05) is 0 Å². The molecule has 1 amide bonds. The average molecular weight is 502 g/mol. The summed E-state index contributed by atoms with van der Waals surface area (Å²) in [6, 6.07) is 6.85. The van der Waals surface area contributed by atoms with Gasteiger partial charge in [0, 0.05) is 44.0 Å². The summed E-state index contributed by atoms with van der Waals surface area (Å²) in [5.41, 5.74) is 0.639. The molecule has 0 radical (unpaired) electrons. The maximum absolute atomic E-state index is 13.4. The summed E-state index contributed by atoms with van der Waals surface area (Å²) in [7, 11) is -0.582. The van der Waals surface area contributed by atoms with Gasteiger partial charge in [0.05, 0.1) is 18.5 Å². The normalized spacial score (nSPS) is 14.1. The zero-order chi connectivity index (χ0) is 25.7. The second-order valence-corrected chi connectivity index (χ2v) is 11.1. The first-order chi connectivity index (χ1) is 16.3. The highest BCUT2D eigenvalue weighted by atomic mass is 32.2. The molecule has 4 rings (SSSR count). The van der Waals surface area contributed by atoms with Gasteiger partial charge in [-0.3, -0.25) is 14.3 Å². The number of anilines is 3. The molecular formula is C23H27N5O6S. The lowest BCUT2D eigenvalue weighted by Crippen LogP contribution is -2.45. The SMILES string of the molecule is COc1ccc2c(c1)N(c1cc3cnc(S(C)(=O)=O)nc3n(C)c1=O)CCN2C(=O)OC(C)(C)C. The van der Waals surface area contributed by atoms with E-state index in [-0.39, 0.29) is 22.9 Å². The minimum absolute atomic E-state index is 0.201. The van der Waals surface area contributed by atoms with E-state index < -0.39 is 21.5 Å². The second kappa shape index (κ2) is 8.52. The number of aromatic nitrogens is 3. The van der Waals surface area contributed by atoms with Crippen LogP contribution in [0.4, 0.5) is 21.9 Å². The lowest BCUT2D eigenvalue weighted by molar-refractivity contribution is 0.0580. The fourth-order valence-corrected chi connectivity index (χ4v) is 4.35. The Hall–Kier alpha value is -3.67. The van der Waals surface area contributed by atoms with Crippen LogP contribution in [0, 0.1) is 0 Å². The van der Waals surface area contributed by atoms with Gasteiger partial charge in [0.1, 0.15) is 22.7 Å². The van der Waals surface area contributed by atoms with E-state index in [2.05, 4.69) is 9.97 Å². The molecule has 2 aromatic heterocycles. The Morgan fingerprint density at radius 3 is 2.43 bits per heavy atom. The number of carbonyl (C=O) groups excluding carboxylic acids is 1. The number of pyridine rings is 1. The summed E-state index contributed by atoms with van der Waals surface area (Å²) in [5.74, 6) is 0.554. The predicted molar refractivity (Wildman–Crippen MR) is 131 cm³/mol. The summed E-state index contributed by atoms with van der Waals surface area (Å²) in [5, 5.41) is 0.141. The van der Waals surface area contributed by atoms with Gasteiger partial charge in [-0.1, -0.05) is 0 Å². The van der Waals surface area contributed by atoms with Crippen molar-refractivity contribution >= 4 is 44.0 Å². The van der Waals surface area contributed by atoms with E-state index >= 15 is 0 Å². The van der Waals surface area contributed by atoms with Crippen molar-refractivity contribution in [1.29, 1.82) is 0 Å². The van der Waals surface area contributed by atoms with Crippen molar-refractivity contribution < 1.29 is 22.7 Å². The van der Waals surface area contributed by atoms with Crippen molar-refractivity contribution in [2.45, 2.75) is 31.5 Å². The molecule has 35 heavy (non-hydrogen) atoms. The van der Waals surface area contributed by atoms with Crippen molar-refractivity contribution in [1.82, 2.24) is 14.5 Å². The maximum Gasteiger partial charge on any atom is 0.414 e. The van der Waals surface area contributed by atoms with Crippen molar-refractivity contribution in [3.05, 3.63) is 40.8 Å². The van der Waals surface area contributed by atoms with E-state index in [1.165, 1.54) is 29.8 Å². The molecular weight excluding hydrogens is 474 g/mol. The number of carbonyl (C=O) groups is 1. The molecule has 3 heterocycles. The first kappa shape index (κ1) is 24.5. The van der Waals surface area contributed by atoms with Gasteiger partial charge in [-0.15, -0.1) is 0 Å². The summed E-state index contributed by atoms with van der Waals surface area (Å²) in [6.45, 7) is 5.98. The molecule has 0 N–H and O–H groups in total. The molecule has 1 aliphatic heterocycles. The van der Waals surface area contributed by atoms with Crippen LogP contribution in [0.1, 0.15) is 20.8 Å². The van der Waals surface area contributed by atoms with Crippen LogP contribution < -0.4 is 20.1 Å². The Morgan fingerprint density at radius 2 is 1.80 bits per heavy atom. The number of amides is 1. The first-order valence-electron chi connectivity index (χ1n) is 10.8. The first-order valence-corrected chi connectivity index (χ1v) is 12.7. The smallest absolute Gasteiger partial charge is 0.414 e. The number of rotatable bonds is 3. The zero-order valence-corrected chi connectivity index (χ0v) is 21.2. The third-order valence-corrected chi connectivity index (χ3v) is 6.32. The average Bonchev–Trinajstić information content (AvgIpc) is 2.78. The Morgan fingerprint density at radius 1 is 1.09 bits per heavy atom. The van der Waals surface area contributed by atoms with E-state index in [1.54, 1.807) is 49.9 Å². The summed E-state index contributed by atoms with van der Waals surface area (Å²) >= 11 is 0. The number of hydrogen-bond acceptors (Lipinski definition) is 9. The number of nitrogens with zero attached hydrogens (tertiary/aromatic N) is 5. The Bertz CT molecular complexity index is 1490. The monoisotopic (exact) mass is 501 g/mol. The molecule has 0 atom stereocenters. The molecule has 0 fully saturated rings. The van der Waals surface area contributed by atoms with E-state index in [4.69, 9.17) is 9.47 Å². The summed E-state index contributed by atoms with van der Waals surface area (Å²) in [4.78, 5) is 37.7. The van der Waals surface area contributed by atoms with Crippen LogP contribution in [0.15, 0.2) is 40.4 Å². The third-order valence-electron chi connectivity index (χ3n) is 5.46. The van der Waals surface area contributed by atoms with Crippen molar-refractivity contribution in [3.8, 4) is 5.75 Å². The molecule has 0 saturated carbocycles. The highest BCUT2D eigenvalue weighted by Gasteiger charge is 2.32. The number of sulfone groups is 1. The van der Waals surface area contributed by atoms with Gasteiger partial charge in [0.25, 0.3) is 5.56 Å². The van der Waals surface area contributed by atoms with Gasteiger partial charge in [0.2, 0.25) is 15.0 Å². The van der Waals surface area contributed by atoms with Crippen molar-refractivity contribution in [2.75, 3.05) is 36.3 Å². The lowest BCUT2D eigenvalue weighted by atomic mass is 10.1. The fourth-order valence-electron chi connectivity index (χ4n) is 3.86. The molecule has 11 nitrogen and oxygen atoms in total. The van der Waals surface area contributed by atoms with Crippen molar-refractivity contribution in [2.24, 2.45) is 7.05 Å². The second-order valence-electron chi connectivity index (χ2n) is 9.24. The number of fused-ring (bicyclic) bond motifs is 2. The number of aryl methyl sites for hydroxylation is 1.